The van der Waals surface area contributed by atoms with E-state index in [2.05, 4.69) is 42.2 Å². The molecule has 5 nitrogen and oxygen atoms in total. The Morgan fingerprint density at radius 3 is 2.88 bits per heavy atom. The van der Waals surface area contributed by atoms with Crippen molar-refractivity contribution in [2.75, 3.05) is 6.54 Å². The van der Waals surface area contributed by atoms with Crippen LogP contribution < -0.4 is 5.32 Å². The van der Waals surface area contributed by atoms with Crippen LogP contribution >= 0.6 is 0 Å². The number of rotatable bonds is 5. The molecule has 1 aliphatic heterocycles. The van der Waals surface area contributed by atoms with Crippen molar-refractivity contribution in [3.05, 3.63) is 47.7 Å². The Hall–Kier alpha value is -2.17. The molecule has 0 spiro atoms. The van der Waals surface area contributed by atoms with Gasteiger partial charge in [-0.3, -0.25) is 0 Å². The van der Waals surface area contributed by atoms with Crippen LogP contribution in [0.3, 0.4) is 0 Å². The summed E-state index contributed by atoms with van der Waals surface area (Å²) in [6.45, 7) is 4.82. The van der Waals surface area contributed by atoms with E-state index in [9.17, 15) is 4.79 Å². The molecule has 0 aromatic carbocycles. The third-order valence-electron chi connectivity index (χ3n) is 5.11. The van der Waals surface area contributed by atoms with Crippen LogP contribution in [-0.4, -0.2) is 28.1 Å². The van der Waals surface area contributed by atoms with Gasteiger partial charge in [0.25, 0.3) is 0 Å². The number of aryl methyl sites for hydroxylation is 3. The lowest BCUT2D eigenvalue weighted by Gasteiger charge is -2.35. The van der Waals surface area contributed by atoms with Crippen LogP contribution in [0.4, 0.5) is 4.79 Å². The number of carbonyl (C=O) groups excluding carboxylic acids is 1. The zero-order valence-electron chi connectivity index (χ0n) is 15.5. The van der Waals surface area contributed by atoms with Gasteiger partial charge >= 0.3 is 6.03 Å². The topological polar surface area (TPSA) is 50.4 Å². The van der Waals surface area contributed by atoms with Crippen molar-refractivity contribution in [2.24, 2.45) is 7.05 Å². The molecule has 0 saturated carbocycles. The second-order valence-electron chi connectivity index (χ2n) is 7.15. The van der Waals surface area contributed by atoms with Gasteiger partial charge < -0.3 is 19.2 Å². The molecule has 1 N–H and O–H groups in total. The number of nitrogens with one attached hydrogen (secondary N) is 1. The average Bonchev–Trinajstić information content (AvgIpc) is 3.21. The van der Waals surface area contributed by atoms with Crippen LogP contribution in [-0.2, 0) is 13.5 Å². The van der Waals surface area contributed by atoms with Gasteiger partial charge in [-0.25, -0.2) is 4.79 Å². The Kier molecular flexibility index (Phi) is 5.51. The monoisotopic (exact) mass is 343 g/mol. The summed E-state index contributed by atoms with van der Waals surface area (Å²) in [5.74, 6) is 1.81. The number of piperidine rings is 1. The smallest absolute Gasteiger partial charge is 0.318 e. The zero-order valence-corrected chi connectivity index (χ0v) is 15.5. The maximum absolute atomic E-state index is 12.8. The predicted molar refractivity (Wildman–Crippen MR) is 98.5 cm³/mol. The van der Waals surface area contributed by atoms with E-state index in [1.54, 1.807) is 0 Å². The lowest BCUT2D eigenvalue weighted by molar-refractivity contribution is 0.136. The first kappa shape index (κ1) is 17.6. The number of carbonyl (C=O) groups is 1. The Labute approximate surface area is 150 Å². The van der Waals surface area contributed by atoms with E-state index in [0.717, 1.165) is 50.2 Å². The molecule has 1 aliphatic rings. The van der Waals surface area contributed by atoms with Crippen molar-refractivity contribution in [1.82, 2.24) is 14.8 Å². The van der Waals surface area contributed by atoms with E-state index in [-0.39, 0.29) is 18.1 Å². The maximum atomic E-state index is 12.8. The summed E-state index contributed by atoms with van der Waals surface area (Å²) in [4.78, 5) is 14.7. The summed E-state index contributed by atoms with van der Waals surface area (Å²) in [7, 11) is 2.06. The van der Waals surface area contributed by atoms with Gasteiger partial charge in [0.2, 0.25) is 0 Å². The first-order chi connectivity index (χ1) is 12.0. The molecule has 2 amide bonds. The molecule has 3 heterocycles. The fourth-order valence-electron chi connectivity index (χ4n) is 3.59. The van der Waals surface area contributed by atoms with Gasteiger partial charge in [-0.2, -0.15) is 0 Å². The van der Waals surface area contributed by atoms with E-state index in [4.69, 9.17) is 4.42 Å². The van der Waals surface area contributed by atoms with E-state index < -0.39 is 0 Å². The molecule has 1 saturated heterocycles. The van der Waals surface area contributed by atoms with Crippen LogP contribution in [0.2, 0.25) is 0 Å². The Bertz CT molecular complexity index is 703. The number of urea groups is 1. The molecule has 2 aromatic rings. The number of nitrogens with zero attached hydrogens (tertiary/aromatic N) is 2. The summed E-state index contributed by atoms with van der Waals surface area (Å²) in [5, 5.41) is 3.17. The summed E-state index contributed by atoms with van der Waals surface area (Å²) in [5.41, 5.74) is 1.29. The first-order valence-corrected chi connectivity index (χ1v) is 9.28. The van der Waals surface area contributed by atoms with Crippen LogP contribution in [0, 0.1) is 6.92 Å². The number of hydrogen-bond donors (Lipinski definition) is 1. The fraction of sp³-hybridized carbons (Fsp3) is 0.550. The lowest BCUT2D eigenvalue weighted by Crippen LogP contribution is -2.47. The molecule has 5 heteroatoms. The highest BCUT2D eigenvalue weighted by Crippen LogP contribution is 2.32. The van der Waals surface area contributed by atoms with Crippen LogP contribution in [0.5, 0.6) is 0 Å². The molecule has 2 unspecified atom stereocenters. The molecule has 0 bridgehead atoms. The largest absolute Gasteiger partial charge is 0.464 e. The van der Waals surface area contributed by atoms with Gasteiger partial charge in [0, 0.05) is 31.5 Å². The molecule has 136 valence electrons. The van der Waals surface area contributed by atoms with Crippen molar-refractivity contribution in [3.8, 4) is 0 Å². The molecular formula is C20H29N3O2. The van der Waals surface area contributed by atoms with Crippen molar-refractivity contribution in [3.63, 3.8) is 0 Å². The van der Waals surface area contributed by atoms with Crippen molar-refractivity contribution in [2.45, 2.75) is 58.0 Å². The molecule has 25 heavy (non-hydrogen) atoms. The number of furan rings is 1. The standard InChI is InChI=1S/C20H29N3O2/c1-15(9-11-17-7-6-13-22(17)3)21-20(24)23-14-5-4-8-18(23)19-12-10-16(2)25-19/h6-7,10,12-13,15,18H,4-5,8-9,11,14H2,1-3H3,(H,21,24). The van der Waals surface area contributed by atoms with Crippen LogP contribution in [0.25, 0.3) is 0 Å². The minimum atomic E-state index is 0.0261. The van der Waals surface area contributed by atoms with Gasteiger partial charge in [-0.05, 0) is 70.2 Å². The van der Waals surface area contributed by atoms with Gasteiger partial charge in [-0.1, -0.05) is 0 Å². The van der Waals surface area contributed by atoms with Crippen LogP contribution in [0.15, 0.2) is 34.9 Å². The number of likely N-dealkylation sites (tertiary alicyclic amines) is 1. The normalized spacial score (nSPS) is 19.0. The number of amides is 2. The summed E-state index contributed by atoms with van der Waals surface area (Å²) in [6, 6.07) is 8.40. The summed E-state index contributed by atoms with van der Waals surface area (Å²) < 4.78 is 7.93. The van der Waals surface area contributed by atoms with E-state index in [1.807, 2.05) is 24.0 Å². The molecule has 1 fully saturated rings. The molecule has 0 radical (unpaired) electrons. The maximum Gasteiger partial charge on any atom is 0.318 e. The Morgan fingerprint density at radius 1 is 1.36 bits per heavy atom. The highest BCUT2D eigenvalue weighted by molar-refractivity contribution is 5.75. The quantitative estimate of drug-likeness (QED) is 0.885. The number of aromatic nitrogens is 1. The van der Waals surface area contributed by atoms with E-state index in [1.165, 1.54) is 5.69 Å². The highest BCUT2D eigenvalue weighted by Gasteiger charge is 2.30. The van der Waals surface area contributed by atoms with Crippen molar-refractivity contribution < 1.29 is 9.21 Å². The second-order valence-corrected chi connectivity index (χ2v) is 7.15. The Balaban J connectivity index is 1.57. The first-order valence-electron chi connectivity index (χ1n) is 9.28. The van der Waals surface area contributed by atoms with Gasteiger partial charge in [0.05, 0.1) is 6.04 Å². The summed E-state index contributed by atoms with van der Waals surface area (Å²) in [6.07, 6.45) is 7.12. The molecular weight excluding hydrogens is 314 g/mol. The van der Waals surface area contributed by atoms with Gasteiger partial charge in [0.1, 0.15) is 11.5 Å². The van der Waals surface area contributed by atoms with Gasteiger partial charge in [0.15, 0.2) is 0 Å². The Morgan fingerprint density at radius 2 is 2.20 bits per heavy atom. The molecule has 2 aromatic heterocycles. The fourth-order valence-corrected chi connectivity index (χ4v) is 3.59. The van der Waals surface area contributed by atoms with E-state index >= 15 is 0 Å². The third-order valence-corrected chi connectivity index (χ3v) is 5.11. The SMILES string of the molecule is Cc1ccc(C2CCCCN2C(=O)NC(C)CCc2cccn2C)o1. The average molecular weight is 343 g/mol. The van der Waals surface area contributed by atoms with Gasteiger partial charge in [-0.15, -0.1) is 0 Å². The minimum Gasteiger partial charge on any atom is -0.464 e. The number of hydrogen-bond acceptors (Lipinski definition) is 2. The zero-order chi connectivity index (χ0) is 17.8. The molecule has 0 aliphatic carbocycles. The third kappa shape index (κ3) is 4.27. The molecule has 3 rings (SSSR count). The van der Waals surface area contributed by atoms with Crippen molar-refractivity contribution in [1.29, 1.82) is 0 Å². The summed E-state index contributed by atoms with van der Waals surface area (Å²) >= 11 is 0. The highest BCUT2D eigenvalue weighted by atomic mass is 16.3. The van der Waals surface area contributed by atoms with E-state index in [0.29, 0.717) is 0 Å². The predicted octanol–water partition coefficient (Wildman–Crippen LogP) is 4.18. The lowest BCUT2D eigenvalue weighted by atomic mass is 10.0. The molecule has 2 atom stereocenters. The minimum absolute atomic E-state index is 0.0261. The second kappa shape index (κ2) is 7.81. The van der Waals surface area contributed by atoms with Crippen LogP contribution in [0.1, 0.15) is 55.9 Å². The van der Waals surface area contributed by atoms with Crippen molar-refractivity contribution >= 4 is 6.03 Å².